The molecule has 2 saturated carbocycles. The first-order chi connectivity index (χ1) is 8.75. The highest BCUT2D eigenvalue weighted by molar-refractivity contribution is 7.71. The van der Waals surface area contributed by atoms with Gasteiger partial charge in [0.25, 0.3) is 0 Å². The molecule has 0 saturated heterocycles. The molecule has 0 aliphatic heterocycles. The zero-order chi connectivity index (χ0) is 12.3. The van der Waals surface area contributed by atoms with E-state index in [4.69, 9.17) is 12.2 Å². The number of imidazole rings is 1. The second-order valence-electron chi connectivity index (χ2n) is 5.79. The summed E-state index contributed by atoms with van der Waals surface area (Å²) in [4.78, 5) is 7.93. The average molecular weight is 259 g/mol. The number of rotatable bonds is 3. The summed E-state index contributed by atoms with van der Waals surface area (Å²) in [5, 5.41) is 0. The summed E-state index contributed by atoms with van der Waals surface area (Å²) in [6.45, 7) is 2.11. The van der Waals surface area contributed by atoms with Crippen LogP contribution in [0, 0.1) is 23.5 Å². The molecule has 18 heavy (non-hydrogen) atoms. The van der Waals surface area contributed by atoms with Gasteiger partial charge in [-0.1, -0.05) is 0 Å². The second kappa shape index (κ2) is 3.67. The van der Waals surface area contributed by atoms with Crippen molar-refractivity contribution in [1.29, 1.82) is 0 Å². The van der Waals surface area contributed by atoms with E-state index >= 15 is 0 Å². The summed E-state index contributed by atoms with van der Waals surface area (Å²) < 4.78 is 3.17. The molecule has 0 bridgehead atoms. The fourth-order valence-electron chi connectivity index (χ4n) is 3.10. The van der Waals surface area contributed by atoms with Crippen LogP contribution >= 0.6 is 12.2 Å². The fourth-order valence-corrected chi connectivity index (χ4v) is 3.41. The molecule has 0 atom stereocenters. The molecule has 2 aromatic rings. The van der Waals surface area contributed by atoms with Gasteiger partial charge in [0.2, 0.25) is 0 Å². The lowest BCUT2D eigenvalue weighted by Gasteiger charge is -2.18. The Balaban J connectivity index is 1.95. The van der Waals surface area contributed by atoms with Gasteiger partial charge in [-0.2, -0.15) is 0 Å². The third kappa shape index (κ3) is 1.55. The number of nitrogens with zero attached hydrogens (tertiary/aromatic N) is 2. The highest BCUT2D eigenvalue weighted by Gasteiger charge is 2.43. The number of H-pyrrole nitrogens is 1. The minimum atomic E-state index is 0.598. The summed E-state index contributed by atoms with van der Waals surface area (Å²) >= 11 is 5.55. The van der Waals surface area contributed by atoms with Gasteiger partial charge in [0.1, 0.15) is 0 Å². The van der Waals surface area contributed by atoms with Crippen LogP contribution in [-0.4, -0.2) is 14.5 Å². The predicted octanol–water partition coefficient (Wildman–Crippen LogP) is 3.76. The summed E-state index contributed by atoms with van der Waals surface area (Å²) in [7, 11) is 0. The number of hydrogen-bond donors (Lipinski definition) is 1. The van der Waals surface area contributed by atoms with E-state index in [0.717, 1.165) is 27.8 Å². The van der Waals surface area contributed by atoms with Crippen molar-refractivity contribution in [2.75, 3.05) is 0 Å². The molecule has 3 nitrogen and oxygen atoms in total. The van der Waals surface area contributed by atoms with Crippen molar-refractivity contribution in [2.24, 2.45) is 11.8 Å². The number of aromatic nitrogens is 3. The van der Waals surface area contributed by atoms with Crippen LogP contribution in [0.3, 0.4) is 0 Å². The Bertz CT molecular complexity index is 649. The molecule has 0 spiro atoms. The van der Waals surface area contributed by atoms with Crippen molar-refractivity contribution in [2.45, 2.75) is 38.6 Å². The van der Waals surface area contributed by atoms with Crippen molar-refractivity contribution in [3.05, 3.63) is 22.6 Å². The van der Waals surface area contributed by atoms with Gasteiger partial charge >= 0.3 is 0 Å². The van der Waals surface area contributed by atoms with Gasteiger partial charge in [0, 0.05) is 12.2 Å². The van der Waals surface area contributed by atoms with Gasteiger partial charge in [0.05, 0.1) is 5.52 Å². The highest BCUT2D eigenvalue weighted by Crippen LogP contribution is 2.52. The Morgan fingerprint density at radius 2 is 2.00 bits per heavy atom. The molecule has 2 heterocycles. The molecular formula is C14H17N3S. The van der Waals surface area contributed by atoms with Crippen molar-refractivity contribution in [3.8, 4) is 0 Å². The van der Waals surface area contributed by atoms with Crippen LogP contribution in [-0.2, 0) is 0 Å². The maximum atomic E-state index is 5.55. The van der Waals surface area contributed by atoms with Crippen LogP contribution < -0.4 is 0 Å². The van der Waals surface area contributed by atoms with E-state index in [1.807, 2.05) is 12.3 Å². The maximum Gasteiger partial charge on any atom is 0.179 e. The zero-order valence-corrected chi connectivity index (χ0v) is 11.3. The molecule has 2 fully saturated rings. The first-order valence-electron chi connectivity index (χ1n) is 6.81. The molecule has 94 valence electrons. The third-order valence-electron chi connectivity index (χ3n) is 4.33. The Morgan fingerprint density at radius 1 is 1.33 bits per heavy atom. The maximum absolute atomic E-state index is 5.55. The minimum absolute atomic E-state index is 0.598. The molecule has 4 rings (SSSR count). The topological polar surface area (TPSA) is 33.6 Å². The van der Waals surface area contributed by atoms with Crippen LogP contribution in [0.2, 0.25) is 0 Å². The number of nitrogens with one attached hydrogen (secondary N) is 1. The monoisotopic (exact) mass is 259 g/mol. The van der Waals surface area contributed by atoms with E-state index in [1.165, 1.54) is 31.2 Å². The number of pyridine rings is 1. The lowest BCUT2D eigenvalue weighted by molar-refractivity contribution is 0.398. The lowest BCUT2D eigenvalue weighted by Crippen LogP contribution is -2.14. The van der Waals surface area contributed by atoms with Crippen molar-refractivity contribution < 1.29 is 0 Å². The average Bonchev–Trinajstić information content (AvgIpc) is 3.23. The standard InChI is InChI=1S/C14H17N3S/c1-8-6-7-15-13-11(8)16-14(18)17(13)12(9-2-3-9)10-4-5-10/h6-7,9-10,12H,2-5H2,1H3,(H,16,18). The molecule has 2 aromatic heterocycles. The van der Waals surface area contributed by atoms with Crippen LogP contribution in [0.1, 0.15) is 37.3 Å². The first kappa shape index (κ1) is 10.7. The van der Waals surface area contributed by atoms with Crippen molar-refractivity contribution in [3.63, 3.8) is 0 Å². The van der Waals surface area contributed by atoms with E-state index in [9.17, 15) is 0 Å². The van der Waals surface area contributed by atoms with E-state index < -0.39 is 0 Å². The summed E-state index contributed by atoms with van der Waals surface area (Å²) in [5.41, 5.74) is 3.41. The number of aryl methyl sites for hydroxylation is 1. The van der Waals surface area contributed by atoms with Gasteiger partial charge in [-0.15, -0.1) is 0 Å². The first-order valence-corrected chi connectivity index (χ1v) is 7.22. The Morgan fingerprint density at radius 3 is 2.61 bits per heavy atom. The van der Waals surface area contributed by atoms with Crippen LogP contribution in [0.15, 0.2) is 12.3 Å². The van der Waals surface area contributed by atoms with E-state index in [2.05, 4.69) is 21.5 Å². The quantitative estimate of drug-likeness (QED) is 0.851. The second-order valence-corrected chi connectivity index (χ2v) is 6.18. The van der Waals surface area contributed by atoms with Crippen LogP contribution in [0.25, 0.3) is 11.2 Å². The van der Waals surface area contributed by atoms with Gasteiger partial charge in [-0.25, -0.2) is 4.98 Å². The molecule has 0 aromatic carbocycles. The fraction of sp³-hybridized carbons (Fsp3) is 0.571. The zero-order valence-electron chi connectivity index (χ0n) is 10.5. The molecule has 2 aliphatic rings. The van der Waals surface area contributed by atoms with E-state index in [1.54, 1.807) is 0 Å². The van der Waals surface area contributed by atoms with Crippen LogP contribution in [0.4, 0.5) is 0 Å². The normalized spacial score (nSPS) is 19.9. The lowest BCUT2D eigenvalue weighted by atomic mass is 10.1. The summed E-state index contributed by atoms with van der Waals surface area (Å²) in [5.74, 6) is 1.68. The van der Waals surface area contributed by atoms with Crippen LogP contribution in [0.5, 0.6) is 0 Å². The molecule has 2 aliphatic carbocycles. The Hall–Kier alpha value is -1.16. The Kier molecular flexibility index (Phi) is 2.19. The number of fused-ring (bicyclic) bond motifs is 1. The van der Waals surface area contributed by atoms with Gasteiger partial charge < -0.3 is 4.98 Å². The SMILES string of the molecule is Cc1ccnc2c1[nH]c(=S)n2C(C1CC1)C1CC1. The van der Waals surface area contributed by atoms with Crippen molar-refractivity contribution >= 4 is 23.4 Å². The molecular weight excluding hydrogens is 242 g/mol. The molecule has 0 radical (unpaired) electrons. The van der Waals surface area contributed by atoms with Gasteiger partial charge in [-0.3, -0.25) is 4.57 Å². The summed E-state index contributed by atoms with van der Waals surface area (Å²) in [6, 6.07) is 2.64. The van der Waals surface area contributed by atoms with Gasteiger partial charge in [-0.05, 0) is 68.3 Å². The molecule has 0 amide bonds. The molecule has 4 heteroatoms. The largest absolute Gasteiger partial charge is 0.329 e. The van der Waals surface area contributed by atoms with Crippen molar-refractivity contribution in [1.82, 2.24) is 14.5 Å². The number of hydrogen-bond acceptors (Lipinski definition) is 2. The smallest absolute Gasteiger partial charge is 0.179 e. The predicted molar refractivity (Wildman–Crippen MR) is 74.1 cm³/mol. The van der Waals surface area contributed by atoms with Gasteiger partial charge in [0.15, 0.2) is 10.4 Å². The summed E-state index contributed by atoms with van der Waals surface area (Å²) in [6.07, 6.45) is 7.35. The third-order valence-corrected chi connectivity index (χ3v) is 4.63. The Labute approximate surface area is 111 Å². The molecule has 0 unspecified atom stereocenters. The van der Waals surface area contributed by atoms with E-state index in [0.29, 0.717) is 6.04 Å². The van der Waals surface area contributed by atoms with E-state index in [-0.39, 0.29) is 0 Å². The minimum Gasteiger partial charge on any atom is -0.329 e. The highest BCUT2D eigenvalue weighted by atomic mass is 32.1. The molecule has 1 N–H and O–H groups in total. The number of aromatic amines is 1.